The van der Waals surface area contributed by atoms with E-state index in [4.69, 9.17) is 9.47 Å². The van der Waals surface area contributed by atoms with Gasteiger partial charge in [-0.25, -0.2) is 0 Å². The van der Waals surface area contributed by atoms with Crippen molar-refractivity contribution in [3.8, 4) is 11.5 Å². The van der Waals surface area contributed by atoms with Crippen LogP contribution in [-0.4, -0.2) is 17.3 Å². The minimum atomic E-state index is -0.113. The molecular formula is C27H36O4. The van der Waals surface area contributed by atoms with Gasteiger partial charge in [-0.05, 0) is 59.6 Å². The van der Waals surface area contributed by atoms with Gasteiger partial charge in [0.05, 0.1) is 20.3 Å². The van der Waals surface area contributed by atoms with Crippen molar-refractivity contribution in [1.29, 1.82) is 0 Å². The molecule has 0 amide bonds. The van der Waals surface area contributed by atoms with E-state index in [9.17, 15) is 10.2 Å². The second kappa shape index (κ2) is 13.0. The summed E-state index contributed by atoms with van der Waals surface area (Å²) in [4.78, 5) is 0. The predicted molar refractivity (Wildman–Crippen MR) is 127 cm³/mol. The van der Waals surface area contributed by atoms with E-state index >= 15 is 0 Å². The van der Waals surface area contributed by atoms with E-state index in [-0.39, 0.29) is 13.2 Å². The average Bonchev–Trinajstić information content (AvgIpc) is 2.82. The van der Waals surface area contributed by atoms with Crippen LogP contribution in [0.5, 0.6) is 11.5 Å². The third-order valence-corrected chi connectivity index (χ3v) is 5.65. The zero-order valence-corrected chi connectivity index (χ0v) is 19.2. The molecule has 4 nitrogen and oxygen atoms in total. The molecule has 0 radical (unpaired) electrons. The van der Waals surface area contributed by atoms with Crippen LogP contribution in [0.4, 0.5) is 0 Å². The maximum Gasteiger partial charge on any atom is 0.168 e. The van der Waals surface area contributed by atoms with Crippen LogP contribution in [0.25, 0.3) is 5.57 Å². The predicted octanol–water partition coefficient (Wildman–Crippen LogP) is 6.04. The summed E-state index contributed by atoms with van der Waals surface area (Å²) in [6.45, 7) is 6.71. The van der Waals surface area contributed by atoms with Gasteiger partial charge < -0.3 is 19.7 Å². The van der Waals surface area contributed by atoms with Gasteiger partial charge in [-0.15, -0.1) is 0 Å². The lowest BCUT2D eigenvalue weighted by Crippen LogP contribution is -2.02. The van der Waals surface area contributed by atoms with E-state index in [2.05, 4.69) is 45.1 Å². The van der Waals surface area contributed by atoms with Crippen molar-refractivity contribution in [3.05, 3.63) is 76.9 Å². The van der Waals surface area contributed by atoms with Crippen molar-refractivity contribution in [1.82, 2.24) is 0 Å². The molecule has 0 fully saturated rings. The summed E-state index contributed by atoms with van der Waals surface area (Å²) in [5, 5.41) is 18.9. The zero-order valence-electron chi connectivity index (χ0n) is 19.2. The Morgan fingerprint density at radius 1 is 1.00 bits per heavy atom. The van der Waals surface area contributed by atoms with E-state index in [1.807, 2.05) is 30.3 Å². The topological polar surface area (TPSA) is 58.9 Å². The fourth-order valence-electron chi connectivity index (χ4n) is 3.61. The molecule has 31 heavy (non-hydrogen) atoms. The van der Waals surface area contributed by atoms with Crippen molar-refractivity contribution >= 4 is 5.57 Å². The lowest BCUT2D eigenvalue weighted by molar-refractivity contribution is 0.258. The van der Waals surface area contributed by atoms with Crippen LogP contribution in [0, 0.1) is 5.92 Å². The molecular weight excluding hydrogens is 388 g/mol. The molecule has 0 saturated heterocycles. The highest BCUT2D eigenvalue weighted by Crippen LogP contribution is 2.37. The van der Waals surface area contributed by atoms with E-state index < -0.39 is 0 Å². The lowest BCUT2D eigenvalue weighted by Gasteiger charge is -2.16. The van der Waals surface area contributed by atoms with Crippen molar-refractivity contribution in [2.24, 2.45) is 5.92 Å². The summed E-state index contributed by atoms with van der Waals surface area (Å²) in [6, 6.07) is 11.5. The Morgan fingerprint density at radius 3 is 2.35 bits per heavy atom. The Balaban J connectivity index is 2.26. The number of hydrogen-bond acceptors (Lipinski definition) is 4. The largest absolute Gasteiger partial charge is 0.492 e. The van der Waals surface area contributed by atoms with Gasteiger partial charge in [0.2, 0.25) is 0 Å². The molecule has 168 valence electrons. The van der Waals surface area contributed by atoms with Crippen LogP contribution < -0.4 is 9.47 Å². The monoisotopic (exact) mass is 424 g/mol. The third kappa shape index (κ3) is 6.71. The van der Waals surface area contributed by atoms with Crippen molar-refractivity contribution in [2.45, 2.75) is 59.9 Å². The average molecular weight is 425 g/mol. The van der Waals surface area contributed by atoms with Crippen molar-refractivity contribution in [3.63, 3.8) is 0 Å². The van der Waals surface area contributed by atoms with Crippen molar-refractivity contribution in [2.75, 3.05) is 7.11 Å². The van der Waals surface area contributed by atoms with Gasteiger partial charge in [0.1, 0.15) is 6.61 Å². The van der Waals surface area contributed by atoms with Crippen molar-refractivity contribution < 1.29 is 19.7 Å². The fourth-order valence-corrected chi connectivity index (χ4v) is 3.61. The van der Waals surface area contributed by atoms with E-state index in [1.54, 1.807) is 7.11 Å². The summed E-state index contributed by atoms with van der Waals surface area (Å²) in [6.07, 6.45) is 9.77. The Labute approximate surface area is 186 Å². The minimum Gasteiger partial charge on any atom is -0.492 e. The molecule has 0 aliphatic rings. The van der Waals surface area contributed by atoms with Crippen LogP contribution in [-0.2, 0) is 19.8 Å². The molecule has 0 aliphatic heterocycles. The van der Waals surface area contributed by atoms with Gasteiger partial charge in [0, 0.05) is 5.56 Å². The summed E-state index contributed by atoms with van der Waals surface area (Å²) in [7, 11) is 1.67. The first-order valence-corrected chi connectivity index (χ1v) is 11.1. The first kappa shape index (κ1) is 24.7. The molecule has 2 rings (SSSR count). The fraction of sp³-hybridized carbons (Fsp3) is 0.407. The number of aliphatic hydroxyl groups is 2. The lowest BCUT2D eigenvalue weighted by atomic mass is 9.99. The second-order valence-electron chi connectivity index (χ2n) is 7.55. The highest BCUT2D eigenvalue weighted by Gasteiger charge is 2.13. The second-order valence-corrected chi connectivity index (χ2v) is 7.55. The van der Waals surface area contributed by atoms with Gasteiger partial charge in [-0.3, -0.25) is 0 Å². The molecule has 0 aliphatic carbocycles. The molecule has 0 heterocycles. The Kier molecular flexibility index (Phi) is 10.3. The normalized spacial score (nSPS) is 12.0. The first-order chi connectivity index (χ1) is 15.1. The summed E-state index contributed by atoms with van der Waals surface area (Å²) in [5.74, 6) is 2.01. The molecule has 0 spiro atoms. The Hall–Kier alpha value is -2.56. The zero-order chi connectivity index (χ0) is 22.6. The molecule has 4 heteroatoms. The van der Waals surface area contributed by atoms with E-state index in [1.165, 1.54) is 5.57 Å². The number of ether oxygens (including phenoxy) is 2. The van der Waals surface area contributed by atoms with Crippen LogP contribution in [0.1, 0.15) is 62.3 Å². The number of benzene rings is 2. The molecule has 0 atom stereocenters. The molecule has 0 unspecified atom stereocenters. The summed E-state index contributed by atoms with van der Waals surface area (Å²) in [5.41, 5.74) is 4.59. The Morgan fingerprint density at radius 2 is 1.74 bits per heavy atom. The summed E-state index contributed by atoms with van der Waals surface area (Å²) < 4.78 is 11.8. The molecule has 2 aromatic carbocycles. The molecule has 2 N–H and O–H groups in total. The SMILES string of the molecule is CCC(=CC=CC(CC)CC)c1cccc(OCc2ccc(CO)c(CO)c2)c1OC. The molecule has 0 saturated carbocycles. The molecule has 0 bridgehead atoms. The third-order valence-electron chi connectivity index (χ3n) is 5.65. The smallest absolute Gasteiger partial charge is 0.168 e. The number of hydrogen-bond donors (Lipinski definition) is 2. The van der Waals surface area contributed by atoms with Crippen LogP contribution in [0.3, 0.4) is 0 Å². The van der Waals surface area contributed by atoms with E-state index in [0.717, 1.165) is 41.7 Å². The number of allylic oxidation sites excluding steroid dienone is 4. The quantitative estimate of drug-likeness (QED) is 0.408. The van der Waals surface area contributed by atoms with E-state index in [0.29, 0.717) is 23.8 Å². The van der Waals surface area contributed by atoms with Crippen LogP contribution in [0.15, 0.2) is 54.6 Å². The maximum atomic E-state index is 9.52. The molecule has 0 aromatic heterocycles. The highest BCUT2D eigenvalue weighted by atomic mass is 16.5. The standard InChI is InChI=1S/C27H36O4/c1-5-20(6-2)10-8-11-22(7-3)25-12-9-13-26(27(25)30-4)31-19-21-14-15-23(17-28)24(16-21)18-29/h8-16,20,28-29H,5-7,17-19H2,1-4H3. The van der Waals surface area contributed by atoms with Gasteiger partial charge in [-0.1, -0.05) is 63.3 Å². The number of para-hydroxylation sites is 1. The van der Waals surface area contributed by atoms with Gasteiger partial charge in [-0.2, -0.15) is 0 Å². The summed E-state index contributed by atoms with van der Waals surface area (Å²) >= 11 is 0. The van der Waals surface area contributed by atoms with Crippen LogP contribution in [0.2, 0.25) is 0 Å². The van der Waals surface area contributed by atoms with Gasteiger partial charge in [0.25, 0.3) is 0 Å². The minimum absolute atomic E-state index is 0.0925. The number of aliphatic hydroxyl groups excluding tert-OH is 2. The highest BCUT2D eigenvalue weighted by molar-refractivity contribution is 5.74. The van der Waals surface area contributed by atoms with Gasteiger partial charge in [0.15, 0.2) is 11.5 Å². The molecule has 2 aromatic rings. The van der Waals surface area contributed by atoms with Crippen LogP contribution >= 0.6 is 0 Å². The Bertz CT molecular complexity index is 879. The van der Waals surface area contributed by atoms with Gasteiger partial charge >= 0.3 is 0 Å². The number of rotatable bonds is 12. The maximum absolute atomic E-state index is 9.52. The first-order valence-electron chi connectivity index (χ1n) is 11.1. The number of methoxy groups -OCH3 is 1.